The molecule has 0 aromatic rings. The molecule has 0 nitrogen and oxygen atoms in total. The van der Waals surface area contributed by atoms with E-state index in [0.29, 0.717) is 0 Å². The SMILES string of the molecule is C1CC2CC[C-]1C2.C1CC2CC[C-]1C2.C1CC2CC[C-]1C2.C1CC2CC[C-]1C2.[Mo+4]. The monoisotopic (exact) mass is 478 g/mol. The van der Waals surface area contributed by atoms with Crippen molar-refractivity contribution in [3.05, 3.63) is 23.7 Å². The number of hydrogen-bond donors (Lipinski definition) is 0. The molecule has 1 heteroatoms. The Morgan fingerprint density at radius 3 is 0.517 bits per heavy atom. The number of hydrogen-bond acceptors (Lipinski definition) is 0. The van der Waals surface area contributed by atoms with E-state index in [0.717, 1.165) is 23.7 Å². The molecule has 0 spiro atoms. The Morgan fingerprint density at radius 2 is 0.483 bits per heavy atom. The van der Waals surface area contributed by atoms with Crippen LogP contribution in [0.3, 0.4) is 0 Å². The van der Waals surface area contributed by atoms with Gasteiger partial charge in [0.2, 0.25) is 0 Å². The first-order chi connectivity index (χ1) is 13.8. The van der Waals surface area contributed by atoms with Gasteiger partial charge in [-0.2, -0.15) is 77.0 Å². The molecule has 0 atom stereocenters. The Kier molecular flexibility index (Phi) is 8.68. The summed E-state index contributed by atoms with van der Waals surface area (Å²) in [6, 6.07) is 0. The molecule has 0 aliphatic heterocycles. The minimum atomic E-state index is 0. The predicted molar refractivity (Wildman–Crippen MR) is 119 cm³/mol. The van der Waals surface area contributed by atoms with Gasteiger partial charge in [-0.25, -0.2) is 0 Å². The van der Waals surface area contributed by atoms with E-state index in [-0.39, 0.29) is 21.1 Å². The van der Waals surface area contributed by atoms with Crippen molar-refractivity contribution >= 4 is 0 Å². The van der Waals surface area contributed by atoms with Crippen molar-refractivity contribution in [2.75, 3.05) is 0 Å². The summed E-state index contributed by atoms with van der Waals surface area (Å²) < 4.78 is 0. The second-order valence-corrected chi connectivity index (χ2v) is 11.6. The first-order valence-corrected chi connectivity index (χ1v) is 13.1. The molecule has 8 rings (SSSR count). The van der Waals surface area contributed by atoms with E-state index in [4.69, 9.17) is 0 Å². The van der Waals surface area contributed by atoms with Crippen LogP contribution >= 0.6 is 0 Å². The normalized spacial score (nSPS) is 31.4. The summed E-state index contributed by atoms with van der Waals surface area (Å²) in [6.07, 6.45) is 30.0. The first kappa shape index (κ1) is 22.9. The van der Waals surface area contributed by atoms with E-state index < -0.39 is 0 Å². The summed E-state index contributed by atoms with van der Waals surface area (Å²) in [5, 5.41) is 0. The van der Waals surface area contributed by atoms with Gasteiger partial charge in [0, 0.05) is 0 Å². The molecule has 0 saturated heterocycles. The zero-order valence-corrected chi connectivity index (χ0v) is 20.9. The van der Waals surface area contributed by atoms with Crippen LogP contribution in [0.2, 0.25) is 0 Å². The molecule has 8 aliphatic carbocycles. The summed E-state index contributed by atoms with van der Waals surface area (Å²) in [6.45, 7) is 0. The average molecular weight is 477 g/mol. The van der Waals surface area contributed by atoms with Crippen molar-refractivity contribution in [1.82, 2.24) is 0 Å². The van der Waals surface area contributed by atoms with Crippen molar-refractivity contribution < 1.29 is 21.1 Å². The first-order valence-electron chi connectivity index (χ1n) is 13.1. The van der Waals surface area contributed by atoms with Gasteiger partial charge in [0.15, 0.2) is 0 Å². The second-order valence-electron chi connectivity index (χ2n) is 11.6. The zero-order chi connectivity index (χ0) is 18.8. The molecule has 0 amide bonds. The van der Waals surface area contributed by atoms with Crippen LogP contribution in [0.25, 0.3) is 0 Å². The third-order valence-electron chi connectivity index (χ3n) is 9.56. The smallest absolute Gasteiger partial charge is 0.313 e. The van der Waals surface area contributed by atoms with Gasteiger partial charge in [-0.05, 0) is 0 Å². The van der Waals surface area contributed by atoms with Crippen molar-refractivity contribution in [1.29, 1.82) is 0 Å². The maximum Gasteiger partial charge on any atom is 4.00 e. The van der Waals surface area contributed by atoms with E-state index in [1.165, 1.54) is 128 Å². The topological polar surface area (TPSA) is 0 Å². The van der Waals surface area contributed by atoms with Gasteiger partial charge < -0.3 is 23.7 Å². The van der Waals surface area contributed by atoms with Crippen LogP contribution in [0.5, 0.6) is 0 Å². The summed E-state index contributed by atoms with van der Waals surface area (Å²) in [5.41, 5.74) is 0. The predicted octanol–water partition coefficient (Wildman–Crippen LogP) is 8.62. The van der Waals surface area contributed by atoms with E-state index in [1.807, 2.05) is 23.7 Å². The Hall–Kier alpha value is 0.688. The summed E-state index contributed by atoms with van der Waals surface area (Å²) in [4.78, 5) is 0. The van der Waals surface area contributed by atoms with Crippen LogP contribution in [0, 0.1) is 47.3 Å². The Bertz CT molecular complexity index is 327. The van der Waals surface area contributed by atoms with Crippen molar-refractivity contribution in [3.63, 3.8) is 0 Å². The van der Waals surface area contributed by atoms with Crippen LogP contribution in [0.1, 0.15) is 128 Å². The van der Waals surface area contributed by atoms with Gasteiger partial charge in [-0.3, -0.25) is 0 Å². The fourth-order valence-electron chi connectivity index (χ4n) is 7.61. The fraction of sp³-hybridized carbons (Fsp3) is 0.857. The molecular formula is C28H44Mo. The molecule has 162 valence electrons. The molecule has 0 heterocycles. The molecule has 0 unspecified atom stereocenters. The molecular weight excluding hydrogens is 432 g/mol. The zero-order valence-electron chi connectivity index (χ0n) is 18.9. The van der Waals surface area contributed by atoms with Crippen LogP contribution in [-0.2, 0) is 21.1 Å². The second kappa shape index (κ2) is 11.0. The Labute approximate surface area is 196 Å². The van der Waals surface area contributed by atoms with Gasteiger partial charge >= 0.3 is 21.1 Å². The minimum absolute atomic E-state index is 0. The standard InChI is InChI=1S/4C7H11.Mo/c4*1-2-7-4-3-6(1)5-7;/h4*6H,1-5H2;/q4*-1;+4. The molecule has 29 heavy (non-hydrogen) atoms. The van der Waals surface area contributed by atoms with Gasteiger partial charge in [-0.15, -0.1) is 0 Å². The largest absolute Gasteiger partial charge is 4.00 e. The van der Waals surface area contributed by atoms with E-state index in [1.54, 1.807) is 0 Å². The fourth-order valence-corrected chi connectivity index (χ4v) is 7.61. The van der Waals surface area contributed by atoms with Crippen LogP contribution in [0.15, 0.2) is 0 Å². The summed E-state index contributed by atoms with van der Waals surface area (Å²) in [7, 11) is 0. The quantitative estimate of drug-likeness (QED) is 0.242. The van der Waals surface area contributed by atoms with Crippen LogP contribution in [-0.4, -0.2) is 0 Å². The van der Waals surface area contributed by atoms with Gasteiger partial charge in [0.25, 0.3) is 0 Å². The van der Waals surface area contributed by atoms with Gasteiger partial charge in [0.05, 0.1) is 0 Å². The third kappa shape index (κ3) is 6.36. The molecule has 8 saturated carbocycles. The molecule has 0 aromatic carbocycles. The van der Waals surface area contributed by atoms with Crippen molar-refractivity contribution in [2.24, 2.45) is 23.7 Å². The molecule has 8 aliphatic rings. The maximum absolute atomic E-state index is 1.87. The Morgan fingerprint density at radius 1 is 0.310 bits per heavy atom. The minimum Gasteiger partial charge on any atom is -0.313 e. The van der Waals surface area contributed by atoms with Crippen molar-refractivity contribution in [2.45, 2.75) is 128 Å². The summed E-state index contributed by atoms with van der Waals surface area (Å²) in [5.74, 6) is 12.0. The van der Waals surface area contributed by atoms with E-state index in [9.17, 15) is 0 Å². The Balaban J connectivity index is 0.0000000931. The maximum atomic E-state index is 1.87. The van der Waals surface area contributed by atoms with E-state index in [2.05, 4.69) is 0 Å². The van der Waals surface area contributed by atoms with Crippen molar-refractivity contribution in [3.8, 4) is 0 Å². The van der Waals surface area contributed by atoms with Crippen LogP contribution < -0.4 is 0 Å². The van der Waals surface area contributed by atoms with Gasteiger partial charge in [-0.1, -0.05) is 75.0 Å². The van der Waals surface area contributed by atoms with E-state index >= 15 is 0 Å². The molecule has 0 aromatic heterocycles. The molecule has 0 radical (unpaired) electrons. The molecule has 0 N–H and O–H groups in total. The third-order valence-corrected chi connectivity index (χ3v) is 9.56. The van der Waals surface area contributed by atoms with Gasteiger partial charge in [0.1, 0.15) is 0 Å². The van der Waals surface area contributed by atoms with Crippen LogP contribution in [0.4, 0.5) is 0 Å². The number of fused-ring (bicyclic) bond motifs is 8. The average Bonchev–Trinajstić information content (AvgIpc) is 3.63. The molecule has 8 fully saturated rings. The summed E-state index contributed by atoms with van der Waals surface area (Å²) >= 11 is 0. The number of rotatable bonds is 0. The molecule has 8 bridgehead atoms.